The standard InChI is InChI=1S/C17H14N2O2/c1-12-3-4-15(17(7-12)19-11-21)9-14-5-6-16(18-10-20)8-13(14)2/h3-8H,9H2,1-2H3. The quantitative estimate of drug-likeness (QED) is 0.630. The van der Waals surface area contributed by atoms with Gasteiger partial charge in [0.2, 0.25) is 12.2 Å². The lowest BCUT2D eigenvalue weighted by Crippen LogP contribution is -1.93. The fourth-order valence-electron chi connectivity index (χ4n) is 2.18. The van der Waals surface area contributed by atoms with Crippen LogP contribution < -0.4 is 0 Å². The van der Waals surface area contributed by atoms with E-state index in [0.29, 0.717) is 17.8 Å². The van der Waals surface area contributed by atoms with E-state index in [1.54, 1.807) is 12.1 Å². The molecule has 0 spiro atoms. The average molecular weight is 278 g/mol. The van der Waals surface area contributed by atoms with E-state index in [1.807, 2.05) is 44.2 Å². The molecule has 4 nitrogen and oxygen atoms in total. The SMILES string of the molecule is Cc1ccc(Cc2ccc(N=C=O)cc2C)c(N=C=O)c1. The Balaban J connectivity index is 2.38. The van der Waals surface area contributed by atoms with Gasteiger partial charge in [0.1, 0.15) is 0 Å². The zero-order valence-electron chi connectivity index (χ0n) is 11.9. The summed E-state index contributed by atoms with van der Waals surface area (Å²) in [5.74, 6) is 0. The van der Waals surface area contributed by atoms with Crippen LogP contribution in [0, 0.1) is 13.8 Å². The smallest absolute Gasteiger partial charge is 0.211 e. The summed E-state index contributed by atoms with van der Waals surface area (Å²) in [7, 11) is 0. The molecule has 0 unspecified atom stereocenters. The number of nitrogens with zero attached hydrogens (tertiary/aromatic N) is 2. The van der Waals surface area contributed by atoms with Crippen molar-refractivity contribution in [3.63, 3.8) is 0 Å². The number of aliphatic imine (C=N–C) groups is 2. The zero-order chi connectivity index (χ0) is 15.2. The van der Waals surface area contributed by atoms with Crippen LogP contribution in [0.4, 0.5) is 11.4 Å². The first-order valence-corrected chi connectivity index (χ1v) is 6.49. The maximum atomic E-state index is 10.5. The Morgan fingerprint density at radius 1 is 0.905 bits per heavy atom. The van der Waals surface area contributed by atoms with E-state index >= 15 is 0 Å². The van der Waals surface area contributed by atoms with Crippen molar-refractivity contribution < 1.29 is 9.59 Å². The first kappa shape index (κ1) is 14.6. The summed E-state index contributed by atoms with van der Waals surface area (Å²) >= 11 is 0. The Bertz CT molecular complexity index is 768. The molecule has 0 aliphatic rings. The maximum Gasteiger partial charge on any atom is 0.240 e. The molecule has 0 saturated carbocycles. The van der Waals surface area contributed by atoms with E-state index < -0.39 is 0 Å². The van der Waals surface area contributed by atoms with Crippen LogP contribution in [0.5, 0.6) is 0 Å². The first-order chi connectivity index (χ1) is 10.1. The Labute approximate surface area is 122 Å². The van der Waals surface area contributed by atoms with Crippen molar-refractivity contribution >= 4 is 23.5 Å². The molecule has 0 saturated heterocycles. The van der Waals surface area contributed by atoms with Gasteiger partial charge in [-0.15, -0.1) is 0 Å². The minimum atomic E-state index is 0.585. The zero-order valence-corrected chi connectivity index (χ0v) is 11.9. The molecule has 104 valence electrons. The lowest BCUT2D eigenvalue weighted by Gasteiger charge is -2.09. The molecular formula is C17H14N2O2. The summed E-state index contributed by atoms with van der Waals surface area (Å²) in [5, 5.41) is 0. The van der Waals surface area contributed by atoms with Crippen molar-refractivity contribution in [3.8, 4) is 0 Å². The van der Waals surface area contributed by atoms with Gasteiger partial charge in [0.25, 0.3) is 0 Å². The van der Waals surface area contributed by atoms with Crippen LogP contribution in [0.3, 0.4) is 0 Å². The Morgan fingerprint density at radius 2 is 1.62 bits per heavy atom. The molecule has 0 aliphatic carbocycles. The molecule has 0 aliphatic heterocycles. The third-order valence-corrected chi connectivity index (χ3v) is 3.29. The number of isocyanates is 2. The molecule has 0 heterocycles. The lowest BCUT2D eigenvalue weighted by molar-refractivity contribution is 0.564. The Kier molecular flexibility index (Phi) is 4.57. The van der Waals surface area contributed by atoms with Gasteiger partial charge in [-0.2, -0.15) is 9.98 Å². The van der Waals surface area contributed by atoms with Gasteiger partial charge in [-0.05, 0) is 60.7 Å². The molecule has 21 heavy (non-hydrogen) atoms. The number of hydrogen-bond acceptors (Lipinski definition) is 4. The molecular weight excluding hydrogens is 264 g/mol. The largest absolute Gasteiger partial charge is 0.240 e. The monoisotopic (exact) mass is 278 g/mol. The summed E-state index contributed by atoms with van der Waals surface area (Å²) in [6.07, 6.45) is 3.77. The highest BCUT2D eigenvalue weighted by atomic mass is 16.1. The Morgan fingerprint density at radius 3 is 2.29 bits per heavy atom. The number of aryl methyl sites for hydroxylation is 2. The number of benzene rings is 2. The maximum absolute atomic E-state index is 10.5. The molecule has 0 N–H and O–H groups in total. The molecule has 0 radical (unpaired) electrons. The summed E-state index contributed by atoms with van der Waals surface area (Å²) in [5.41, 5.74) is 5.33. The number of carbonyl (C=O) groups excluding carboxylic acids is 2. The minimum Gasteiger partial charge on any atom is -0.211 e. The van der Waals surface area contributed by atoms with Gasteiger partial charge in [0, 0.05) is 0 Å². The molecule has 2 rings (SSSR count). The molecule has 4 heteroatoms. The second kappa shape index (κ2) is 6.58. The third-order valence-electron chi connectivity index (χ3n) is 3.29. The van der Waals surface area contributed by atoms with Crippen molar-refractivity contribution in [2.24, 2.45) is 9.98 Å². The summed E-state index contributed by atoms with van der Waals surface area (Å²) in [6, 6.07) is 11.3. The third kappa shape index (κ3) is 3.61. The Hall–Kier alpha value is -2.80. The lowest BCUT2D eigenvalue weighted by atomic mass is 9.98. The van der Waals surface area contributed by atoms with Gasteiger partial charge in [-0.3, -0.25) is 0 Å². The van der Waals surface area contributed by atoms with Crippen molar-refractivity contribution in [2.45, 2.75) is 20.3 Å². The normalized spacial score (nSPS) is 9.62. The molecule has 0 amide bonds. The summed E-state index contributed by atoms with van der Waals surface area (Å²) < 4.78 is 0. The summed E-state index contributed by atoms with van der Waals surface area (Å²) in [4.78, 5) is 28.2. The van der Waals surface area contributed by atoms with E-state index in [4.69, 9.17) is 0 Å². The van der Waals surface area contributed by atoms with Crippen LogP contribution in [0.25, 0.3) is 0 Å². The van der Waals surface area contributed by atoms with Crippen LogP contribution >= 0.6 is 0 Å². The van der Waals surface area contributed by atoms with E-state index in [-0.39, 0.29) is 0 Å². The molecule has 0 aromatic heterocycles. The van der Waals surface area contributed by atoms with E-state index in [0.717, 1.165) is 22.3 Å². The summed E-state index contributed by atoms with van der Waals surface area (Å²) in [6.45, 7) is 3.90. The van der Waals surface area contributed by atoms with Gasteiger partial charge >= 0.3 is 0 Å². The van der Waals surface area contributed by atoms with E-state index in [9.17, 15) is 9.59 Å². The van der Waals surface area contributed by atoms with E-state index in [1.165, 1.54) is 6.08 Å². The topological polar surface area (TPSA) is 58.9 Å². The highest BCUT2D eigenvalue weighted by Crippen LogP contribution is 2.26. The second-order valence-corrected chi connectivity index (χ2v) is 4.83. The van der Waals surface area contributed by atoms with Gasteiger partial charge in [-0.25, -0.2) is 9.59 Å². The van der Waals surface area contributed by atoms with Gasteiger partial charge in [0.15, 0.2) is 0 Å². The van der Waals surface area contributed by atoms with Crippen LogP contribution in [0.2, 0.25) is 0 Å². The van der Waals surface area contributed by atoms with Crippen molar-refractivity contribution in [1.29, 1.82) is 0 Å². The average Bonchev–Trinajstić information content (AvgIpc) is 2.45. The van der Waals surface area contributed by atoms with Gasteiger partial charge in [0.05, 0.1) is 11.4 Å². The fraction of sp³-hybridized carbons (Fsp3) is 0.176. The van der Waals surface area contributed by atoms with Crippen molar-refractivity contribution in [2.75, 3.05) is 0 Å². The number of rotatable bonds is 4. The van der Waals surface area contributed by atoms with Gasteiger partial charge < -0.3 is 0 Å². The van der Waals surface area contributed by atoms with E-state index in [2.05, 4.69) is 9.98 Å². The highest BCUT2D eigenvalue weighted by Gasteiger charge is 2.06. The van der Waals surface area contributed by atoms with Gasteiger partial charge in [-0.1, -0.05) is 18.2 Å². The van der Waals surface area contributed by atoms with Crippen molar-refractivity contribution in [1.82, 2.24) is 0 Å². The van der Waals surface area contributed by atoms with Crippen LogP contribution in [0.1, 0.15) is 22.3 Å². The fourth-order valence-corrected chi connectivity index (χ4v) is 2.18. The van der Waals surface area contributed by atoms with Crippen LogP contribution in [0.15, 0.2) is 46.4 Å². The molecule has 0 atom stereocenters. The van der Waals surface area contributed by atoms with Crippen molar-refractivity contribution in [3.05, 3.63) is 58.7 Å². The van der Waals surface area contributed by atoms with Crippen LogP contribution in [-0.4, -0.2) is 12.2 Å². The molecule has 2 aromatic rings. The highest BCUT2D eigenvalue weighted by molar-refractivity contribution is 5.57. The molecule has 0 fully saturated rings. The molecule has 0 bridgehead atoms. The second-order valence-electron chi connectivity index (χ2n) is 4.83. The number of hydrogen-bond donors (Lipinski definition) is 0. The predicted molar refractivity (Wildman–Crippen MR) is 80.7 cm³/mol. The first-order valence-electron chi connectivity index (χ1n) is 6.49. The minimum absolute atomic E-state index is 0.585. The molecule has 2 aromatic carbocycles. The predicted octanol–water partition coefficient (Wildman–Crippen LogP) is 3.83. The van der Waals surface area contributed by atoms with Crippen LogP contribution in [-0.2, 0) is 16.0 Å².